The standard InChI is InChI=1S/C19H18F2N2O/c1-2-8-23(12-15-5-3-4-14(9-15)11-22)13-19(24)16-6-7-17(20)18(21)10-16/h2-7,9-10,19,24H,1,8,12-13H2. The molecule has 5 heteroatoms. The van der Waals surface area contributed by atoms with E-state index in [1.54, 1.807) is 24.3 Å². The number of aliphatic hydroxyl groups excluding tert-OH is 1. The van der Waals surface area contributed by atoms with Crippen LogP contribution < -0.4 is 0 Å². The molecule has 0 amide bonds. The van der Waals surface area contributed by atoms with Crippen molar-refractivity contribution in [2.24, 2.45) is 0 Å². The molecule has 24 heavy (non-hydrogen) atoms. The summed E-state index contributed by atoms with van der Waals surface area (Å²) in [5.74, 6) is -1.93. The second-order valence-electron chi connectivity index (χ2n) is 5.48. The van der Waals surface area contributed by atoms with Gasteiger partial charge in [-0.25, -0.2) is 8.78 Å². The number of benzene rings is 2. The lowest BCUT2D eigenvalue weighted by Gasteiger charge is -2.24. The number of nitriles is 1. The van der Waals surface area contributed by atoms with Crippen LogP contribution in [0.5, 0.6) is 0 Å². The van der Waals surface area contributed by atoms with Gasteiger partial charge in [0.15, 0.2) is 11.6 Å². The molecule has 0 aliphatic heterocycles. The second-order valence-corrected chi connectivity index (χ2v) is 5.48. The predicted octanol–water partition coefficient (Wildman–Crippen LogP) is 3.56. The van der Waals surface area contributed by atoms with Crippen molar-refractivity contribution >= 4 is 0 Å². The number of hydrogen-bond acceptors (Lipinski definition) is 3. The Hall–Kier alpha value is -2.55. The lowest BCUT2D eigenvalue weighted by molar-refractivity contribution is 0.115. The van der Waals surface area contributed by atoms with E-state index < -0.39 is 17.7 Å². The molecule has 0 saturated heterocycles. The Labute approximate surface area is 140 Å². The van der Waals surface area contributed by atoms with Gasteiger partial charge in [-0.05, 0) is 35.4 Å². The van der Waals surface area contributed by atoms with E-state index >= 15 is 0 Å². The number of hydrogen-bond donors (Lipinski definition) is 1. The summed E-state index contributed by atoms with van der Waals surface area (Å²) in [5, 5.41) is 19.3. The highest BCUT2D eigenvalue weighted by molar-refractivity contribution is 5.32. The summed E-state index contributed by atoms with van der Waals surface area (Å²) in [7, 11) is 0. The van der Waals surface area contributed by atoms with E-state index in [9.17, 15) is 13.9 Å². The highest BCUT2D eigenvalue weighted by atomic mass is 19.2. The van der Waals surface area contributed by atoms with Gasteiger partial charge in [-0.3, -0.25) is 4.90 Å². The van der Waals surface area contributed by atoms with Gasteiger partial charge in [0.1, 0.15) is 0 Å². The number of halogens is 2. The maximum absolute atomic E-state index is 13.3. The van der Waals surface area contributed by atoms with Gasteiger partial charge < -0.3 is 5.11 Å². The van der Waals surface area contributed by atoms with E-state index in [1.165, 1.54) is 6.07 Å². The largest absolute Gasteiger partial charge is 0.387 e. The van der Waals surface area contributed by atoms with Crippen LogP contribution in [0.4, 0.5) is 8.78 Å². The lowest BCUT2D eigenvalue weighted by Crippen LogP contribution is -2.28. The molecule has 0 fully saturated rings. The Bertz CT molecular complexity index is 755. The van der Waals surface area contributed by atoms with Crippen molar-refractivity contribution in [3.63, 3.8) is 0 Å². The Morgan fingerprint density at radius 3 is 2.67 bits per heavy atom. The van der Waals surface area contributed by atoms with Crippen molar-refractivity contribution < 1.29 is 13.9 Å². The highest BCUT2D eigenvalue weighted by Gasteiger charge is 2.15. The molecule has 1 unspecified atom stereocenters. The topological polar surface area (TPSA) is 47.3 Å². The number of aliphatic hydroxyl groups is 1. The minimum atomic E-state index is -0.983. The Balaban J connectivity index is 2.10. The summed E-state index contributed by atoms with van der Waals surface area (Å²) >= 11 is 0. The highest BCUT2D eigenvalue weighted by Crippen LogP contribution is 2.19. The van der Waals surface area contributed by atoms with Crippen molar-refractivity contribution in [2.45, 2.75) is 12.6 Å². The lowest BCUT2D eigenvalue weighted by atomic mass is 10.1. The fourth-order valence-corrected chi connectivity index (χ4v) is 2.45. The second kappa shape index (κ2) is 8.34. The minimum absolute atomic E-state index is 0.230. The molecular weight excluding hydrogens is 310 g/mol. The maximum Gasteiger partial charge on any atom is 0.159 e. The first-order valence-electron chi connectivity index (χ1n) is 7.48. The van der Waals surface area contributed by atoms with Crippen LogP contribution in [0.25, 0.3) is 0 Å². The molecule has 0 spiro atoms. The van der Waals surface area contributed by atoms with Crippen molar-refractivity contribution in [3.05, 3.63) is 83.4 Å². The Morgan fingerprint density at radius 2 is 2.00 bits per heavy atom. The summed E-state index contributed by atoms with van der Waals surface area (Å²) in [6.07, 6.45) is 0.741. The first-order chi connectivity index (χ1) is 11.5. The van der Waals surface area contributed by atoms with Gasteiger partial charge in [0.25, 0.3) is 0 Å². The zero-order chi connectivity index (χ0) is 17.5. The molecule has 0 aliphatic rings. The summed E-state index contributed by atoms with van der Waals surface area (Å²) in [5.41, 5.74) is 1.80. The summed E-state index contributed by atoms with van der Waals surface area (Å²) in [4.78, 5) is 1.91. The Kier molecular flexibility index (Phi) is 6.19. The van der Waals surface area contributed by atoms with E-state index in [4.69, 9.17) is 5.26 Å². The van der Waals surface area contributed by atoms with Crippen LogP contribution in [0, 0.1) is 23.0 Å². The van der Waals surface area contributed by atoms with Gasteiger partial charge in [-0.15, -0.1) is 6.58 Å². The predicted molar refractivity (Wildman–Crippen MR) is 87.9 cm³/mol. The van der Waals surface area contributed by atoms with Crippen molar-refractivity contribution in [3.8, 4) is 6.07 Å². The molecule has 124 valence electrons. The molecular formula is C19H18F2N2O. The third kappa shape index (κ3) is 4.72. The normalized spacial score (nSPS) is 12.0. The van der Waals surface area contributed by atoms with Gasteiger partial charge in [0.2, 0.25) is 0 Å². The summed E-state index contributed by atoms with van der Waals surface area (Å²) in [6.45, 7) is 4.94. The zero-order valence-corrected chi connectivity index (χ0v) is 13.1. The maximum atomic E-state index is 13.3. The average molecular weight is 328 g/mol. The van der Waals surface area contributed by atoms with Crippen LogP contribution in [0.3, 0.4) is 0 Å². The van der Waals surface area contributed by atoms with Crippen LogP contribution in [-0.2, 0) is 6.54 Å². The Morgan fingerprint density at radius 1 is 1.21 bits per heavy atom. The van der Waals surface area contributed by atoms with Gasteiger partial charge in [0, 0.05) is 19.6 Å². The fourth-order valence-electron chi connectivity index (χ4n) is 2.45. The third-order valence-electron chi connectivity index (χ3n) is 3.61. The van der Waals surface area contributed by atoms with E-state index in [0.717, 1.165) is 17.7 Å². The molecule has 2 aromatic carbocycles. The van der Waals surface area contributed by atoms with Gasteiger partial charge >= 0.3 is 0 Å². The van der Waals surface area contributed by atoms with Crippen LogP contribution in [-0.4, -0.2) is 23.1 Å². The van der Waals surface area contributed by atoms with Gasteiger partial charge in [0.05, 0.1) is 17.7 Å². The smallest absolute Gasteiger partial charge is 0.159 e. The number of rotatable bonds is 7. The van der Waals surface area contributed by atoms with Crippen LogP contribution in [0.2, 0.25) is 0 Å². The van der Waals surface area contributed by atoms with Crippen LogP contribution in [0.1, 0.15) is 22.8 Å². The molecule has 0 bridgehead atoms. The van der Waals surface area contributed by atoms with Crippen molar-refractivity contribution in [1.29, 1.82) is 5.26 Å². The van der Waals surface area contributed by atoms with E-state index in [2.05, 4.69) is 12.6 Å². The SMILES string of the molecule is C=CCN(Cc1cccc(C#N)c1)CC(O)c1ccc(F)c(F)c1. The monoisotopic (exact) mass is 328 g/mol. The molecule has 0 radical (unpaired) electrons. The molecule has 0 aromatic heterocycles. The van der Waals surface area contributed by atoms with Crippen LogP contribution in [0.15, 0.2) is 55.1 Å². The number of nitrogens with zero attached hydrogens (tertiary/aromatic N) is 2. The molecule has 2 aromatic rings. The zero-order valence-electron chi connectivity index (χ0n) is 13.1. The van der Waals surface area contributed by atoms with E-state index in [-0.39, 0.29) is 6.54 Å². The molecule has 0 aliphatic carbocycles. The fraction of sp³-hybridized carbons (Fsp3) is 0.211. The first kappa shape index (κ1) is 17.8. The molecule has 0 heterocycles. The van der Waals surface area contributed by atoms with Crippen molar-refractivity contribution in [1.82, 2.24) is 4.90 Å². The quantitative estimate of drug-likeness (QED) is 0.791. The first-order valence-corrected chi connectivity index (χ1v) is 7.48. The molecule has 2 rings (SSSR count). The van der Waals surface area contributed by atoms with Crippen molar-refractivity contribution in [2.75, 3.05) is 13.1 Å². The molecule has 3 nitrogen and oxygen atoms in total. The third-order valence-corrected chi connectivity index (χ3v) is 3.61. The van der Waals surface area contributed by atoms with Crippen LogP contribution >= 0.6 is 0 Å². The van der Waals surface area contributed by atoms with E-state index in [0.29, 0.717) is 24.2 Å². The summed E-state index contributed by atoms with van der Waals surface area (Å²) < 4.78 is 26.3. The molecule has 1 atom stereocenters. The minimum Gasteiger partial charge on any atom is -0.387 e. The molecule has 0 saturated carbocycles. The van der Waals surface area contributed by atoms with Gasteiger partial charge in [-0.1, -0.05) is 24.3 Å². The molecule has 1 N–H and O–H groups in total. The van der Waals surface area contributed by atoms with E-state index in [1.807, 2.05) is 11.0 Å². The summed E-state index contributed by atoms with van der Waals surface area (Å²) in [6, 6.07) is 12.6. The average Bonchev–Trinajstić information content (AvgIpc) is 2.57. The van der Waals surface area contributed by atoms with Gasteiger partial charge in [-0.2, -0.15) is 5.26 Å².